The van der Waals surface area contributed by atoms with Crippen LogP contribution in [0.1, 0.15) is 5.82 Å². The first kappa shape index (κ1) is 18.1. The van der Waals surface area contributed by atoms with E-state index in [0.29, 0.717) is 5.82 Å². The highest BCUT2D eigenvalue weighted by atomic mass is 79.9. The molecule has 28 heavy (non-hydrogen) atoms. The Labute approximate surface area is 171 Å². The molecule has 0 atom stereocenters. The standard InChI is InChI=1S/C22H17BrN4O/c1-15-25-21(16-11-17(23)14-24-13-16)12-22(26-15)27-18-7-9-20(10-8-18)28-19-5-3-2-4-6-19/h2-14H,1H3,(H,25,26,27). The van der Waals surface area contributed by atoms with E-state index in [2.05, 4.69) is 36.2 Å². The van der Waals surface area contributed by atoms with Gasteiger partial charge >= 0.3 is 0 Å². The van der Waals surface area contributed by atoms with Gasteiger partial charge in [-0.05, 0) is 65.3 Å². The van der Waals surface area contributed by atoms with Crippen molar-refractivity contribution in [2.75, 3.05) is 5.32 Å². The number of nitrogens with zero attached hydrogens (tertiary/aromatic N) is 3. The lowest BCUT2D eigenvalue weighted by molar-refractivity contribution is 0.483. The summed E-state index contributed by atoms with van der Waals surface area (Å²) in [7, 11) is 0. The predicted molar refractivity (Wildman–Crippen MR) is 114 cm³/mol. The quantitative estimate of drug-likeness (QED) is 0.409. The van der Waals surface area contributed by atoms with Crippen LogP contribution < -0.4 is 10.1 Å². The molecule has 6 heteroatoms. The van der Waals surface area contributed by atoms with Crippen molar-refractivity contribution in [3.63, 3.8) is 0 Å². The average Bonchev–Trinajstić information content (AvgIpc) is 2.70. The van der Waals surface area contributed by atoms with Crippen LogP contribution in [0.5, 0.6) is 11.5 Å². The third-order valence-electron chi connectivity index (χ3n) is 3.94. The Bertz CT molecular complexity index is 1090. The van der Waals surface area contributed by atoms with E-state index in [1.165, 1.54) is 0 Å². The van der Waals surface area contributed by atoms with E-state index in [9.17, 15) is 0 Å². The fourth-order valence-electron chi connectivity index (χ4n) is 2.71. The first-order valence-corrected chi connectivity index (χ1v) is 9.52. The first-order valence-electron chi connectivity index (χ1n) is 8.72. The molecular formula is C22H17BrN4O. The summed E-state index contributed by atoms with van der Waals surface area (Å²) in [4.78, 5) is 13.2. The highest BCUT2D eigenvalue weighted by Gasteiger charge is 2.06. The minimum absolute atomic E-state index is 0.684. The highest BCUT2D eigenvalue weighted by Crippen LogP contribution is 2.26. The van der Waals surface area contributed by atoms with Gasteiger partial charge in [0.15, 0.2) is 0 Å². The maximum atomic E-state index is 5.83. The van der Waals surface area contributed by atoms with Crippen LogP contribution in [0.15, 0.2) is 83.6 Å². The Morgan fingerprint density at radius 1 is 0.857 bits per heavy atom. The molecule has 0 saturated heterocycles. The van der Waals surface area contributed by atoms with Crippen LogP contribution in [0.2, 0.25) is 0 Å². The molecule has 0 spiro atoms. The molecule has 4 aromatic rings. The van der Waals surface area contributed by atoms with Gasteiger partial charge in [0.25, 0.3) is 0 Å². The predicted octanol–water partition coefficient (Wildman–Crippen LogP) is 6.15. The summed E-state index contributed by atoms with van der Waals surface area (Å²) in [6.07, 6.45) is 3.53. The van der Waals surface area contributed by atoms with Gasteiger partial charge in [-0.2, -0.15) is 0 Å². The summed E-state index contributed by atoms with van der Waals surface area (Å²) in [5, 5.41) is 3.32. The normalized spacial score (nSPS) is 10.5. The van der Waals surface area contributed by atoms with Crippen LogP contribution in [0.3, 0.4) is 0 Å². The molecule has 0 aliphatic rings. The number of pyridine rings is 1. The molecule has 1 N–H and O–H groups in total. The van der Waals surface area contributed by atoms with Crippen molar-refractivity contribution in [2.45, 2.75) is 6.92 Å². The van der Waals surface area contributed by atoms with E-state index in [-0.39, 0.29) is 0 Å². The second-order valence-electron chi connectivity index (χ2n) is 6.14. The summed E-state index contributed by atoms with van der Waals surface area (Å²) in [6.45, 7) is 1.87. The van der Waals surface area contributed by atoms with Gasteiger partial charge in [0, 0.05) is 34.2 Å². The fourth-order valence-corrected chi connectivity index (χ4v) is 3.08. The SMILES string of the molecule is Cc1nc(Nc2ccc(Oc3ccccc3)cc2)cc(-c2cncc(Br)c2)n1. The van der Waals surface area contributed by atoms with E-state index in [4.69, 9.17) is 4.74 Å². The van der Waals surface area contributed by atoms with Crippen LogP contribution in [0.25, 0.3) is 11.3 Å². The molecule has 5 nitrogen and oxygen atoms in total. The van der Waals surface area contributed by atoms with Gasteiger partial charge in [-0.3, -0.25) is 4.98 Å². The average molecular weight is 433 g/mol. The van der Waals surface area contributed by atoms with Crippen LogP contribution in [-0.4, -0.2) is 15.0 Å². The van der Waals surface area contributed by atoms with Crippen molar-refractivity contribution in [3.8, 4) is 22.8 Å². The van der Waals surface area contributed by atoms with Crippen LogP contribution in [0, 0.1) is 6.92 Å². The molecule has 0 amide bonds. The molecule has 2 aromatic carbocycles. The zero-order valence-corrected chi connectivity index (χ0v) is 16.7. The molecule has 0 unspecified atom stereocenters. The number of hydrogen-bond donors (Lipinski definition) is 1. The summed E-state index contributed by atoms with van der Waals surface area (Å²) in [6, 6.07) is 21.3. The minimum Gasteiger partial charge on any atom is -0.457 e. The maximum absolute atomic E-state index is 5.83. The van der Waals surface area contributed by atoms with E-state index in [1.54, 1.807) is 12.4 Å². The molecule has 0 aliphatic heterocycles. The summed E-state index contributed by atoms with van der Waals surface area (Å²) >= 11 is 3.45. The zero-order valence-electron chi connectivity index (χ0n) is 15.1. The molecule has 138 valence electrons. The van der Waals surface area contributed by atoms with Gasteiger partial charge in [0.1, 0.15) is 23.1 Å². The van der Waals surface area contributed by atoms with Crippen LogP contribution >= 0.6 is 15.9 Å². The van der Waals surface area contributed by atoms with Crippen molar-refractivity contribution in [1.82, 2.24) is 15.0 Å². The van der Waals surface area contributed by atoms with Crippen molar-refractivity contribution in [2.24, 2.45) is 0 Å². The summed E-state index contributed by atoms with van der Waals surface area (Å²) < 4.78 is 6.73. The van der Waals surface area contributed by atoms with Crippen molar-refractivity contribution in [3.05, 3.63) is 89.4 Å². The van der Waals surface area contributed by atoms with E-state index in [0.717, 1.165) is 38.7 Å². The number of para-hydroxylation sites is 1. The number of ether oxygens (including phenoxy) is 1. The molecule has 0 fully saturated rings. The molecule has 0 bridgehead atoms. The lowest BCUT2D eigenvalue weighted by Gasteiger charge is -2.10. The van der Waals surface area contributed by atoms with Gasteiger partial charge in [-0.25, -0.2) is 9.97 Å². The first-order chi connectivity index (χ1) is 13.7. The Hall–Kier alpha value is -3.25. The second-order valence-corrected chi connectivity index (χ2v) is 7.06. The Morgan fingerprint density at radius 2 is 1.61 bits per heavy atom. The Balaban J connectivity index is 1.52. The minimum atomic E-state index is 0.684. The lowest BCUT2D eigenvalue weighted by Crippen LogP contribution is -1.99. The number of halogens is 1. The molecule has 0 radical (unpaired) electrons. The topological polar surface area (TPSA) is 59.9 Å². The number of benzene rings is 2. The third-order valence-corrected chi connectivity index (χ3v) is 4.38. The number of aromatic nitrogens is 3. The molecule has 0 aliphatic carbocycles. The smallest absolute Gasteiger partial charge is 0.134 e. The Morgan fingerprint density at radius 3 is 2.36 bits per heavy atom. The maximum Gasteiger partial charge on any atom is 0.134 e. The Kier molecular flexibility index (Phi) is 5.30. The van der Waals surface area contributed by atoms with Crippen LogP contribution in [-0.2, 0) is 0 Å². The number of rotatable bonds is 5. The van der Waals surface area contributed by atoms with Gasteiger partial charge in [-0.15, -0.1) is 0 Å². The molecular weight excluding hydrogens is 416 g/mol. The van der Waals surface area contributed by atoms with E-state index in [1.807, 2.05) is 73.7 Å². The number of aryl methyl sites for hydroxylation is 1. The van der Waals surface area contributed by atoms with Crippen molar-refractivity contribution in [1.29, 1.82) is 0 Å². The molecule has 2 aromatic heterocycles. The number of anilines is 2. The summed E-state index contributed by atoms with van der Waals surface area (Å²) in [5.74, 6) is 2.99. The van der Waals surface area contributed by atoms with Gasteiger partial charge in [0.05, 0.1) is 5.69 Å². The largest absolute Gasteiger partial charge is 0.457 e. The van der Waals surface area contributed by atoms with Gasteiger partial charge in [0.2, 0.25) is 0 Å². The van der Waals surface area contributed by atoms with Crippen LogP contribution in [0.4, 0.5) is 11.5 Å². The number of hydrogen-bond acceptors (Lipinski definition) is 5. The lowest BCUT2D eigenvalue weighted by atomic mass is 10.2. The van der Waals surface area contributed by atoms with E-state index >= 15 is 0 Å². The van der Waals surface area contributed by atoms with Crippen molar-refractivity contribution >= 4 is 27.4 Å². The fraction of sp³-hybridized carbons (Fsp3) is 0.0455. The monoisotopic (exact) mass is 432 g/mol. The number of nitrogens with one attached hydrogen (secondary N) is 1. The zero-order chi connectivity index (χ0) is 19.3. The van der Waals surface area contributed by atoms with Gasteiger partial charge < -0.3 is 10.1 Å². The molecule has 2 heterocycles. The molecule has 4 rings (SSSR count). The third kappa shape index (κ3) is 4.53. The highest BCUT2D eigenvalue weighted by molar-refractivity contribution is 9.10. The van der Waals surface area contributed by atoms with Crippen molar-refractivity contribution < 1.29 is 4.74 Å². The van der Waals surface area contributed by atoms with Gasteiger partial charge in [-0.1, -0.05) is 18.2 Å². The van der Waals surface area contributed by atoms with E-state index < -0.39 is 0 Å². The second kappa shape index (κ2) is 8.19. The summed E-state index contributed by atoms with van der Waals surface area (Å²) in [5.41, 5.74) is 2.65. The molecule has 0 saturated carbocycles.